The molecular weight excluding hydrogens is 232 g/mol. The van der Waals surface area contributed by atoms with Crippen molar-refractivity contribution >= 4 is 27.4 Å². The molecular formula is C10H10O3S2. The van der Waals surface area contributed by atoms with Crippen molar-refractivity contribution in [3.05, 3.63) is 35.7 Å². The maximum absolute atomic E-state index is 11.6. The van der Waals surface area contributed by atoms with Crippen molar-refractivity contribution in [1.29, 1.82) is 0 Å². The summed E-state index contributed by atoms with van der Waals surface area (Å²) in [7, 11) is -1.86. The molecule has 0 atom stereocenters. The summed E-state index contributed by atoms with van der Waals surface area (Å²) in [4.78, 5) is 0.219. The van der Waals surface area contributed by atoms with Gasteiger partial charge in [-0.1, -0.05) is 12.2 Å². The topological polar surface area (TPSA) is 43.4 Å². The fourth-order valence-electron chi connectivity index (χ4n) is 0.979. The van der Waals surface area contributed by atoms with Gasteiger partial charge in [0.2, 0.25) is 0 Å². The minimum absolute atomic E-state index is 0.219. The third kappa shape index (κ3) is 3.14. The van der Waals surface area contributed by atoms with E-state index in [1.165, 1.54) is 30.7 Å². The van der Waals surface area contributed by atoms with Gasteiger partial charge in [-0.3, -0.25) is 0 Å². The molecule has 1 aromatic rings. The summed E-state index contributed by atoms with van der Waals surface area (Å²) in [5.41, 5.74) is 0. The van der Waals surface area contributed by atoms with Gasteiger partial charge in [0.15, 0.2) is 9.84 Å². The minimum atomic E-state index is -3.38. The fraction of sp³-hybridized carbons (Fsp3) is 0.100. The molecule has 0 saturated carbocycles. The van der Waals surface area contributed by atoms with Crippen LogP contribution in [0.5, 0.6) is 5.75 Å². The summed E-state index contributed by atoms with van der Waals surface area (Å²) < 4.78 is 28.1. The predicted molar refractivity (Wildman–Crippen MR) is 63.0 cm³/mol. The van der Waals surface area contributed by atoms with Crippen molar-refractivity contribution in [3.8, 4) is 5.75 Å². The van der Waals surface area contributed by atoms with E-state index in [9.17, 15) is 8.42 Å². The average molecular weight is 242 g/mol. The normalized spacial score (nSPS) is 11.5. The van der Waals surface area contributed by atoms with E-state index in [2.05, 4.69) is 12.2 Å². The van der Waals surface area contributed by atoms with Gasteiger partial charge < -0.3 is 4.74 Å². The number of rotatable bonds is 4. The van der Waals surface area contributed by atoms with Crippen LogP contribution in [0.15, 0.2) is 40.6 Å². The SMILES string of the molecule is COc1ccc(S(=O)(=O)C=CC=S)cc1. The zero-order valence-corrected chi connectivity index (χ0v) is 9.72. The Balaban J connectivity index is 3.06. The van der Waals surface area contributed by atoms with Crippen LogP contribution in [0, 0.1) is 0 Å². The first-order valence-corrected chi connectivity index (χ1v) is 6.13. The number of hydrogen-bond donors (Lipinski definition) is 0. The number of thiocarbonyl (C=S) groups is 1. The van der Waals surface area contributed by atoms with Crippen LogP contribution < -0.4 is 4.74 Å². The average Bonchev–Trinajstić information content (AvgIpc) is 2.26. The van der Waals surface area contributed by atoms with Crippen molar-refractivity contribution in [3.63, 3.8) is 0 Å². The number of benzene rings is 1. The molecule has 0 aliphatic heterocycles. The largest absolute Gasteiger partial charge is 0.497 e. The van der Waals surface area contributed by atoms with Crippen LogP contribution in [0.2, 0.25) is 0 Å². The molecule has 5 heteroatoms. The van der Waals surface area contributed by atoms with Crippen molar-refractivity contribution in [2.24, 2.45) is 0 Å². The Kier molecular flexibility index (Phi) is 3.99. The Bertz CT molecular complexity index is 458. The lowest BCUT2D eigenvalue weighted by Gasteiger charge is -2.01. The van der Waals surface area contributed by atoms with E-state index in [-0.39, 0.29) is 4.90 Å². The van der Waals surface area contributed by atoms with Gasteiger partial charge in [-0.05, 0) is 30.3 Å². The molecule has 0 saturated heterocycles. The van der Waals surface area contributed by atoms with Crippen LogP contribution in [0.1, 0.15) is 0 Å². The van der Waals surface area contributed by atoms with Gasteiger partial charge in [0.25, 0.3) is 0 Å². The highest BCUT2D eigenvalue weighted by molar-refractivity contribution is 7.94. The molecule has 0 bridgehead atoms. The smallest absolute Gasteiger partial charge is 0.199 e. The Morgan fingerprint density at radius 1 is 1.27 bits per heavy atom. The summed E-state index contributed by atoms with van der Waals surface area (Å²) in [5, 5.41) is 2.32. The number of hydrogen-bond acceptors (Lipinski definition) is 4. The Labute approximate surface area is 94.3 Å². The lowest BCUT2D eigenvalue weighted by molar-refractivity contribution is 0.414. The highest BCUT2D eigenvalue weighted by Crippen LogP contribution is 2.17. The zero-order valence-electron chi connectivity index (χ0n) is 8.08. The molecule has 0 aliphatic carbocycles. The highest BCUT2D eigenvalue weighted by atomic mass is 32.2. The van der Waals surface area contributed by atoms with Crippen molar-refractivity contribution in [2.75, 3.05) is 7.11 Å². The number of ether oxygens (including phenoxy) is 1. The van der Waals surface area contributed by atoms with E-state index in [0.717, 1.165) is 5.41 Å². The summed E-state index contributed by atoms with van der Waals surface area (Å²) in [6.45, 7) is 0. The second kappa shape index (κ2) is 5.04. The second-order valence-corrected chi connectivity index (χ2v) is 4.79. The van der Waals surface area contributed by atoms with Gasteiger partial charge in [0, 0.05) is 10.8 Å². The van der Waals surface area contributed by atoms with Gasteiger partial charge in [-0.25, -0.2) is 8.42 Å². The lowest BCUT2D eigenvalue weighted by atomic mass is 10.3. The molecule has 1 aromatic carbocycles. The molecule has 0 radical (unpaired) electrons. The van der Waals surface area contributed by atoms with Crippen LogP contribution in [-0.4, -0.2) is 20.9 Å². The quantitative estimate of drug-likeness (QED) is 0.598. The summed E-state index contributed by atoms with van der Waals surface area (Å²) in [6.07, 6.45) is 1.31. The molecule has 0 fully saturated rings. The minimum Gasteiger partial charge on any atom is -0.497 e. The van der Waals surface area contributed by atoms with E-state index in [1.54, 1.807) is 12.1 Å². The molecule has 1 rings (SSSR count). The van der Waals surface area contributed by atoms with E-state index in [4.69, 9.17) is 4.74 Å². The molecule has 0 unspecified atom stereocenters. The first-order valence-electron chi connectivity index (χ1n) is 4.11. The number of allylic oxidation sites excluding steroid dienone is 1. The summed E-state index contributed by atoms with van der Waals surface area (Å²) >= 11 is 4.51. The monoisotopic (exact) mass is 242 g/mol. The predicted octanol–water partition coefficient (Wildman–Crippen LogP) is 1.98. The van der Waals surface area contributed by atoms with Gasteiger partial charge in [-0.2, -0.15) is 0 Å². The first-order chi connectivity index (χ1) is 7.10. The Hall–Kier alpha value is -1.20. The van der Waals surface area contributed by atoms with Crippen molar-refractivity contribution < 1.29 is 13.2 Å². The maximum Gasteiger partial charge on any atom is 0.199 e. The van der Waals surface area contributed by atoms with Crippen LogP contribution in [0.4, 0.5) is 0 Å². The van der Waals surface area contributed by atoms with E-state index < -0.39 is 9.84 Å². The molecule has 0 aromatic heterocycles. The van der Waals surface area contributed by atoms with Crippen LogP contribution in [0.25, 0.3) is 0 Å². The molecule has 0 heterocycles. The third-order valence-corrected chi connectivity index (χ3v) is 3.33. The molecule has 0 spiro atoms. The van der Waals surface area contributed by atoms with E-state index >= 15 is 0 Å². The Morgan fingerprint density at radius 2 is 1.87 bits per heavy atom. The van der Waals surface area contributed by atoms with Gasteiger partial charge >= 0.3 is 0 Å². The molecule has 0 aliphatic rings. The molecule has 0 amide bonds. The zero-order chi connectivity index (χ0) is 11.3. The maximum atomic E-state index is 11.6. The van der Waals surface area contributed by atoms with Gasteiger partial charge in [-0.15, -0.1) is 0 Å². The third-order valence-electron chi connectivity index (χ3n) is 1.72. The fourth-order valence-corrected chi connectivity index (χ4v) is 2.12. The highest BCUT2D eigenvalue weighted by Gasteiger charge is 2.09. The van der Waals surface area contributed by atoms with Gasteiger partial charge in [0.1, 0.15) is 5.75 Å². The summed E-state index contributed by atoms with van der Waals surface area (Å²) in [5.74, 6) is 0.618. The van der Waals surface area contributed by atoms with Crippen LogP contribution in [-0.2, 0) is 9.84 Å². The standard InChI is InChI=1S/C10H10O3S2/c1-13-9-3-5-10(6-4-9)15(11,12)8-2-7-14/h2-8H,1H3. The first kappa shape index (κ1) is 11.9. The lowest BCUT2D eigenvalue weighted by Crippen LogP contribution is -1.96. The van der Waals surface area contributed by atoms with E-state index in [1.807, 2.05) is 0 Å². The molecule has 3 nitrogen and oxygen atoms in total. The summed E-state index contributed by atoms with van der Waals surface area (Å²) in [6, 6.07) is 6.17. The number of methoxy groups -OCH3 is 1. The molecule has 0 N–H and O–H groups in total. The van der Waals surface area contributed by atoms with Crippen molar-refractivity contribution in [1.82, 2.24) is 0 Å². The van der Waals surface area contributed by atoms with E-state index in [0.29, 0.717) is 5.75 Å². The van der Waals surface area contributed by atoms with Crippen molar-refractivity contribution in [2.45, 2.75) is 4.90 Å². The number of sulfone groups is 1. The van der Waals surface area contributed by atoms with Crippen LogP contribution in [0.3, 0.4) is 0 Å². The Morgan fingerprint density at radius 3 is 2.33 bits per heavy atom. The molecule has 15 heavy (non-hydrogen) atoms. The second-order valence-electron chi connectivity index (χ2n) is 2.69. The molecule has 80 valence electrons. The van der Waals surface area contributed by atoms with Gasteiger partial charge in [0.05, 0.1) is 12.0 Å². The van der Waals surface area contributed by atoms with Crippen LogP contribution >= 0.6 is 12.2 Å².